The van der Waals surface area contributed by atoms with Crippen LogP contribution >= 0.6 is 0 Å². The standard InChI is InChI=1S/C12H16N2O2/c15-11-4-2-1-3-9(11)7-12(16)14-10-5-6-13-8-10/h1-4,10,13,15H,5-8H2,(H,14,16). The topological polar surface area (TPSA) is 61.4 Å². The van der Waals surface area contributed by atoms with E-state index in [1.54, 1.807) is 18.2 Å². The molecule has 3 N–H and O–H groups in total. The van der Waals surface area contributed by atoms with Gasteiger partial charge in [-0.15, -0.1) is 0 Å². The van der Waals surface area contributed by atoms with E-state index in [0.29, 0.717) is 5.56 Å². The van der Waals surface area contributed by atoms with Crippen molar-refractivity contribution in [2.75, 3.05) is 13.1 Å². The van der Waals surface area contributed by atoms with Crippen molar-refractivity contribution in [1.82, 2.24) is 10.6 Å². The molecule has 1 atom stereocenters. The van der Waals surface area contributed by atoms with Gasteiger partial charge in [0.1, 0.15) is 5.75 Å². The highest BCUT2D eigenvalue weighted by atomic mass is 16.3. The Morgan fingerprint density at radius 1 is 1.50 bits per heavy atom. The van der Waals surface area contributed by atoms with E-state index in [1.165, 1.54) is 0 Å². The first-order valence-corrected chi connectivity index (χ1v) is 5.52. The minimum Gasteiger partial charge on any atom is -0.508 e. The number of carbonyl (C=O) groups is 1. The van der Waals surface area contributed by atoms with Crippen molar-refractivity contribution in [3.05, 3.63) is 29.8 Å². The molecule has 0 spiro atoms. The second kappa shape index (κ2) is 4.99. The Bertz CT molecular complexity index is 373. The first-order chi connectivity index (χ1) is 7.75. The second-order valence-corrected chi connectivity index (χ2v) is 4.06. The van der Waals surface area contributed by atoms with Crippen LogP contribution in [0.1, 0.15) is 12.0 Å². The molecule has 4 heteroatoms. The molecule has 0 aromatic heterocycles. The number of hydrogen-bond acceptors (Lipinski definition) is 3. The van der Waals surface area contributed by atoms with Crippen LogP contribution in [-0.2, 0) is 11.2 Å². The van der Waals surface area contributed by atoms with Crippen molar-refractivity contribution in [3.63, 3.8) is 0 Å². The first-order valence-electron chi connectivity index (χ1n) is 5.52. The molecule has 16 heavy (non-hydrogen) atoms. The van der Waals surface area contributed by atoms with Crippen molar-refractivity contribution in [2.24, 2.45) is 0 Å². The maximum Gasteiger partial charge on any atom is 0.224 e. The molecule has 86 valence electrons. The smallest absolute Gasteiger partial charge is 0.224 e. The summed E-state index contributed by atoms with van der Waals surface area (Å²) < 4.78 is 0. The van der Waals surface area contributed by atoms with E-state index >= 15 is 0 Å². The molecule has 1 amide bonds. The lowest BCUT2D eigenvalue weighted by Crippen LogP contribution is -2.37. The Balaban J connectivity index is 1.89. The lowest BCUT2D eigenvalue weighted by atomic mass is 10.1. The molecule has 1 aliphatic heterocycles. The van der Waals surface area contributed by atoms with Crippen LogP contribution in [0.5, 0.6) is 5.75 Å². The molecule has 0 bridgehead atoms. The van der Waals surface area contributed by atoms with Gasteiger partial charge in [0.2, 0.25) is 5.91 Å². The molecule has 1 saturated heterocycles. The summed E-state index contributed by atoms with van der Waals surface area (Å²) in [6.45, 7) is 1.80. The van der Waals surface area contributed by atoms with E-state index in [9.17, 15) is 9.90 Å². The molecule has 4 nitrogen and oxygen atoms in total. The lowest BCUT2D eigenvalue weighted by Gasteiger charge is -2.11. The molecule has 0 aliphatic carbocycles. The minimum atomic E-state index is -0.0322. The van der Waals surface area contributed by atoms with Gasteiger partial charge in [-0.3, -0.25) is 4.79 Å². The summed E-state index contributed by atoms with van der Waals surface area (Å²) in [5, 5.41) is 15.7. The number of carbonyl (C=O) groups excluding carboxylic acids is 1. The van der Waals surface area contributed by atoms with Crippen LogP contribution < -0.4 is 10.6 Å². The van der Waals surface area contributed by atoms with Gasteiger partial charge in [-0.05, 0) is 19.0 Å². The van der Waals surface area contributed by atoms with Gasteiger partial charge in [0, 0.05) is 18.2 Å². The average molecular weight is 220 g/mol. The van der Waals surface area contributed by atoms with Gasteiger partial charge >= 0.3 is 0 Å². The van der Waals surface area contributed by atoms with Crippen LogP contribution in [0, 0.1) is 0 Å². The zero-order valence-electron chi connectivity index (χ0n) is 9.07. The fourth-order valence-corrected chi connectivity index (χ4v) is 1.89. The molecule has 1 unspecified atom stereocenters. The number of phenolic OH excluding ortho intramolecular Hbond substituents is 1. The summed E-state index contributed by atoms with van der Waals surface area (Å²) in [5.41, 5.74) is 0.672. The third-order valence-corrected chi connectivity index (χ3v) is 2.77. The van der Waals surface area contributed by atoms with Gasteiger partial charge in [0.05, 0.1) is 6.42 Å². The Morgan fingerprint density at radius 3 is 3.00 bits per heavy atom. The van der Waals surface area contributed by atoms with E-state index < -0.39 is 0 Å². The van der Waals surface area contributed by atoms with Crippen molar-refractivity contribution >= 4 is 5.91 Å². The molecule has 0 radical (unpaired) electrons. The Hall–Kier alpha value is -1.55. The fraction of sp³-hybridized carbons (Fsp3) is 0.417. The van der Waals surface area contributed by atoms with Gasteiger partial charge in [-0.2, -0.15) is 0 Å². The van der Waals surface area contributed by atoms with Gasteiger partial charge in [-0.25, -0.2) is 0 Å². The molecule has 2 rings (SSSR count). The van der Waals surface area contributed by atoms with Crippen molar-refractivity contribution in [1.29, 1.82) is 0 Å². The van der Waals surface area contributed by atoms with Crippen LogP contribution in [0.25, 0.3) is 0 Å². The van der Waals surface area contributed by atoms with Gasteiger partial charge < -0.3 is 15.7 Å². The average Bonchev–Trinajstić information content (AvgIpc) is 2.74. The number of benzene rings is 1. The molecule has 0 saturated carbocycles. The predicted molar refractivity (Wildman–Crippen MR) is 61.2 cm³/mol. The summed E-state index contributed by atoms with van der Waals surface area (Å²) in [4.78, 5) is 11.7. The quantitative estimate of drug-likeness (QED) is 0.691. The SMILES string of the molecule is O=C(Cc1ccccc1O)NC1CCNC1. The number of rotatable bonds is 3. The van der Waals surface area contributed by atoms with E-state index in [4.69, 9.17) is 0 Å². The number of amides is 1. The normalized spacial score (nSPS) is 19.6. The predicted octanol–water partition coefficient (Wildman–Crippen LogP) is 0.413. The van der Waals surface area contributed by atoms with E-state index in [2.05, 4.69) is 10.6 Å². The number of para-hydroxylation sites is 1. The first kappa shape index (κ1) is 11.0. The van der Waals surface area contributed by atoms with E-state index in [-0.39, 0.29) is 24.1 Å². The van der Waals surface area contributed by atoms with Crippen LogP contribution in [0.3, 0.4) is 0 Å². The summed E-state index contributed by atoms with van der Waals surface area (Å²) in [6.07, 6.45) is 1.22. The van der Waals surface area contributed by atoms with Crippen LogP contribution in [0.4, 0.5) is 0 Å². The zero-order valence-corrected chi connectivity index (χ0v) is 9.07. The third kappa shape index (κ3) is 2.73. The summed E-state index contributed by atoms with van der Waals surface area (Å²) in [7, 11) is 0. The fourth-order valence-electron chi connectivity index (χ4n) is 1.89. The largest absolute Gasteiger partial charge is 0.508 e. The Kier molecular flexibility index (Phi) is 3.41. The molecule has 1 aromatic rings. The highest BCUT2D eigenvalue weighted by Crippen LogP contribution is 2.15. The van der Waals surface area contributed by atoms with Crippen LogP contribution in [-0.4, -0.2) is 30.1 Å². The number of aromatic hydroxyl groups is 1. The lowest BCUT2D eigenvalue weighted by molar-refractivity contribution is -0.121. The van der Waals surface area contributed by atoms with Gasteiger partial charge in [0.25, 0.3) is 0 Å². The molecular formula is C12H16N2O2. The van der Waals surface area contributed by atoms with E-state index in [1.807, 2.05) is 6.07 Å². The molecule has 1 heterocycles. The molecule has 1 fully saturated rings. The van der Waals surface area contributed by atoms with Gasteiger partial charge in [0.15, 0.2) is 0 Å². The maximum atomic E-state index is 11.7. The summed E-state index contributed by atoms with van der Waals surface area (Å²) in [6, 6.07) is 7.16. The highest BCUT2D eigenvalue weighted by molar-refractivity contribution is 5.79. The minimum absolute atomic E-state index is 0.0322. The van der Waals surface area contributed by atoms with Crippen LogP contribution in [0.15, 0.2) is 24.3 Å². The number of hydrogen-bond donors (Lipinski definition) is 3. The van der Waals surface area contributed by atoms with Crippen molar-refractivity contribution in [3.8, 4) is 5.75 Å². The summed E-state index contributed by atoms with van der Waals surface area (Å²) in [5.74, 6) is 0.150. The Labute approximate surface area is 94.7 Å². The molecule has 1 aliphatic rings. The Morgan fingerprint density at radius 2 is 2.31 bits per heavy atom. The number of nitrogens with one attached hydrogen (secondary N) is 2. The summed E-state index contributed by atoms with van der Waals surface area (Å²) >= 11 is 0. The van der Waals surface area contributed by atoms with Crippen molar-refractivity contribution < 1.29 is 9.90 Å². The monoisotopic (exact) mass is 220 g/mol. The number of phenols is 1. The highest BCUT2D eigenvalue weighted by Gasteiger charge is 2.17. The van der Waals surface area contributed by atoms with Crippen molar-refractivity contribution in [2.45, 2.75) is 18.9 Å². The van der Waals surface area contributed by atoms with Gasteiger partial charge in [-0.1, -0.05) is 18.2 Å². The third-order valence-electron chi connectivity index (χ3n) is 2.77. The van der Waals surface area contributed by atoms with Crippen LogP contribution in [0.2, 0.25) is 0 Å². The molecular weight excluding hydrogens is 204 g/mol. The zero-order chi connectivity index (χ0) is 11.4. The molecule has 1 aromatic carbocycles. The van der Waals surface area contributed by atoms with E-state index in [0.717, 1.165) is 19.5 Å². The maximum absolute atomic E-state index is 11.7. The second-order valence-electron chi connectivity index (χ2n) is 4.06.